The number of aromatic nitrogens is 1. The van der Waals surface area contributed by atoms with Crippen molar-refractivity contribution in [2.75, 3.05) is 13.6 Å². The largest absolute Gasteiger partial charge is 0.439 e. The fraction of sp³-hybridized carbons (Fsp3) is 0.238. The molecular formula is C21H24FIN4OS. The minimum absolute atomic E-state index is 0. The van der Waals surface area contributed by atoms with Gasteiger partial charge in [-0.2, -0.15) is 0 Å². The van der Waals surface area contributed by atoms with Crippen molar-refractivity contribution in [3.05, 3.63) is 76.4 Å². The van der Waals surface area contributed by atoms with Gasteiger partial charge in [0.05, 0.1) is 0 Å². The Morgan fingerprint density at radius 1 is 1.21 bits per heavy atom. The summed E-state index contributed by atoms with van der Waals surface area (Å²) in [5.41, 5.74) is 1.00. The third-order valence-electron chi connectivity index (χ3n) is 4.12. The second kappa shape index (κ2) is 11.7. The van der Waals surface area contributed by atoms with Gasteiger partial charge in [0.15, 0.2) is 5.96 Å². The van der Waals surface area contributed by atoms with Gasteiger partial charge in [-0.25, -0.2) is 9.37 Å². The summed E-state index contributed by atoms with van der Waals surface area (Å²) in [6.07, 6.45) is 1.69. The SMILES string of the molecule is CN=C(NCc1ccnc(Oc2ccc(F)cc2)c1)NCC(C)c1cccs1.I. The van der Waals surface area contributed by atoms with Gasteiger partial charge in [-0.3, -0.25) is 4.99 Å². The van der Waals surface area contributed by atoms with Crippen molar-refractivity contribution in [3.63, 3.8) is 0 Å². The number of rotatable bonds is 7. The first kappa shape index (κ1) is 23.1. The maximum Gasteiger partial charge on any atom is 0.219 e. The van der Waals surface area contributed by atoms with Gasteiger partial charge in [-0.1, -0.05) is 13.0 Å². The van der Waals surface area contributed by atoms with Crippen LogP contribution in [0.5, 0.6) is 11.6 Å². The Labute approximate surface area is 191 Å². The van der Waals surface area contributed by atoms with Crippen LogP contribution in [-0.2, 0) is 6.54 Å². The Morgan fingerprint density at radius 3 is 2.69 bits per heavy atom. The molecule has 0 saturated heterocycles. The molecule has 154 valence electrons. The summed E-state index contributed by atoms with van der Waals surface area (Å²) >= 11 is 1.76. The summed E-state index contributed by atoms with van der Waals surface area (Å²) in [4.78, 5) is 9.82. The van der Waals surface area contributed by atoms with Crippen LogP contribution in [0.15, 0.2) is 65.1 Å². The molecule has 29 heavy (non-hydrogen) atoms. The van der Waals surface area contributed by atoms with Crippen LogP contribution in [-0.4, -0.2) is 24.5 Å². The standard InChI is InChI=1S/C21H23FN4OS.HI/c1-15(19-4-3-11-28-19)13-25-21(23-2)26-14-16-9-10-24-20(12-16)27-18-7-5-17(22)6-8-18;/h3-12,15H,13-14H2,1-2H3,(H2,23,25,26);1H. The number of benzene rings is 1. The molecule has 3 rings (SSSR count). The summed E-state index contributed by atoms with van der Waals surface area (Å²) in [6, 6.07) is 13.8. The monoisotopic (exact) mass is 526 g/mol. The van der Waals surface area contributed by atoms with Gasteiger partial charge >= 0.3 is 0 Å². The molecule has 0 amide bonds. The van der Waals surface area contributed by atoms with E-state index in [-0.39, 0.29) is 29.8 Å². The molecule has 0 aliphatic heterocycles. The number of aliphatic imine (C=N–C) groups is 1. The van der Waals surface area contributed by atoms with E-state index in [1.165, 1.54) is 17.0 Å². The van der Waals surface area contributed by atoms with Gasteiger partial charge in [0.25, 0.3) is 0 Å². The third kappa shape index (κ3) is 7.28. The van der Waals surface area contributed by atoms with Crippen LogP contribution < -0.4 is 15.4 Å². The number of nitrogens with zero attached hydrogens (tertiary/aromatic N) is 2. The van der Waals surface area contributed by atoms with E-state index in [0.717, 1.165) is 18.1 Å². The zero-order chi connectivity index (χ0) is 19.8. The number of hydrogen-bond donors (Lipinski definition) is 2. The van der Waals surface area contributed by atoms with Crippen LogP contribution in [0.4, 0.5) is 4.39 Å². The third-order valence-corrected chi connectivity index (χ3v) is 5.23. The molecule has 1 unspecified atom stereocenters. The van der Waals surface area contributed by atoms with Crippen molar-refractivity contribution in [1.82, 2.24) is 15.6 Å². The van der Waals surface area contributed by atoms with Gasteiger partial charge in [0, 0.05) is 43.2 Å². The smallest absolute Gasteiger partial charge is 0.219 e. The molecule has 8 heteroatoms. The summed E-state index contributed by atoms with van der Waals surface area (Å²) < 4.78 is 18.7. The Bertz CT molecular complexity index is 903. The molecular weight excluding hydrogens is 502 g/mol. The van der Waals surface area contributed by atoms with Gasteiger partial charge in [0.1, 0.15) is 11.6 Å². The fourth-order valence-corrected chi connectivity index (χ4v) is 3.36. The topological polar surface area (TPSA) is 58.5 Å². The highest BCUT2D eigenvalue weighted by Crippen LogP contribution is 2.21. The number of thiophene rings is 1. The second-order valence-electron chi connectivity index (χ2n) is 6.28. The molecule has 0 radical (unpaired) electrons. The van der Waals surface area contributed by atoms with Crippen molar-refractivity contribution < 1.29 is 9.13 Å². The highest BCUT2D eigenvalue weighted by atomic mass is 127. The quantitative estimate of drug-likeness (QED) is 0.254. The number of nitrogens with one attached hydrogen (secondary N) is 2. The molecule has 0 bridgehead atoms. The number of halogens is 2. The first-order chi connectivity index (χ1) is 13.6. The van der Waals surface area contributed by atoms with Crippen LogP contribution in [0.1, 0.15) is 23.3 Å². The predicted molar refractivity (Wildman–Crippen MR) is 127 cm³/mol. The number of ether oxygens (including phenoxy) is 1. The van der Waals surface area contributed by atoms with E-state index in [4.69, 9.17) is 4.74 Å². The maximum atomic E-state index is 13.0. The highest BCUT2D eigenvalue weighted by molar-refractivity contribution is 14.0. The average Bonchev–Trinajstić information content (AvgIpc) is 3.25. The number of pyridine rings is 1. The lowest BCUT2D eigenvalue weighted by Crippen LogP contribution is -2.38. The predicted octanol–water partition coefficient (Wildman–Crippen LogP) is 5.16. The van der Waals surface area contributed by atoms with Crippen LogP contribution in [0.2, 0.25) is 0 Å². The normalized spacial score (nSPS) is 12.0. The lowest BCUT2D eigenvalue weighted by molar-refractivity contribution is 0.460. The Morgan fingerprint density at radius 2 is 2.00 bits per heavy atom. The van der Waals surface area contributed by atoms with E-state index < -0.39 is 0 Å². The lowest BCUT2D eigenvalue weighted by Gasteiger charge is -2.15. The average molecular weight is 526 g/mol. The van der Waals surface area contributed by atoms with E-state index in [2.05, 4.69) is 45.0 Å². The summed E-state index contributed by atoms with van der Waals surface area (Å²) in [5, 5.41) is 8.74. The van der Waals surface area contributed by atoms with E-state index in [1.807, 2.05) is 12.1 Å². The minimum Gasteiger partial charge on any atom is -0.439 e. The van der Waals surface area contributed by atoms with E-state index >= 15 is 0 Å². The molecule has 2 N–H and O–H groups in total. The lowest BCUT2D eigenvalue weighted by atomic mass is 10.1. The van der Waals surface area contributed by atoms with Crippen molar-refractivity contribution in [1.29, 1.82) is 0 Å². The van der Waals surface area contributed by atoms with Crippen molar-refractivity contribution in [3.8, 4) is 11.6 Å². The summed E-state index contributed by atoms with van der Waals surface area (Å²) in [6.45, 7) is 3.57. The van der Waals surface area contributed by atoms with Gasteiger partial charge in [0.2, 0.25) is 5.88 Å². The molecule has 0 saturated carbocycles. The number of hydrogen-bond acceptors (Lipinski definition) is 4. The maximum absolute atomic E-state index is 13.0. The molecule has 0 spiro atoms. The Kier molecular flexibility index (Phi) is 9.33. The van der Waals surface area contributed by atoms with Gasteiger partial charge in [-0.05, 0) is 47.3 Å². The molecule has 1 aromatic carbocycles. The van der Waals surface area contributed by atoms with Gasteiger partial charge in [-0.15, -0.1) is 35.3 Å². The Balaban J connectivity index is 0.00000300. The molecule has 2 heterocycles. The molecule has 3 aromatic rings. The number of guanidine groups is 1. The molecule has 5 nitrogen and oxygen atoms in total. The van der Waals surface area contributed by atoms with Crippen LogP contribution in [0, 0.1) is 5.82 Å². The van der Waals surface area contributed by atoms with Gasteiger partial charge < -0.3 is 15.4 Å². The minimum atomic E-state index is -0.300. The molecule has 1 atom stereocenters. The summed E-state index contributed by atoms with van der Waals surface area (Å²) in [7, 11) is 1.75. The van der Waals surface area contributed by atoms with Crippen LogP contribution in [0.25, 0.3) is 0 Å². The van der Waals surface area contributed by atoms with Crippen LogP contribution >= 0.6 is 35.3 Å². The van der Waals surface area contributed by atoms with E-state index in [1.54, 1.807) is 36.7 Å². The zero-order valence-electron chi connectivity index (χ0n) is 16.3. The molecule has 0 aliphatic carbocycles. The van der Waals surface area contributed by atoms with E-state index in [9.17, 15) is 4.39 Å². The zero-order valence-corrected chi connectivity index (χ0v) is 19.4. The first-order valence-electron chi connectivity index (χ1n) is 9.00. The molecule has 0 aliphatic rings. The summed E-state index contributed by atoms with van der Waals surface area (Å²) in [5.74, 6) is 1.85. The van der Waals surface area contributed by atoms with Crippen molar-refractivity contribution >= 4 is 41.3 Å². The molecule has 2 aromatic heterocycles. The fourth-order valence-electron chi connectivity index (χ4n) is 2.57. The highest BCUT2D eigenvalue weighted by Gasteiger charge is 2.08. The van der Waals surface area contributed by atoms with E-state index in [0.29, 0.717) is 24.1 Å². The van der Waals surface area contributed by atoms with Crippen molar-refractivity contribution in [2.24, 2.45) is 4.99 Å². The Hall–Kier alpha value is -2.20. The van der Waals surface area contributed by atoms with Crippen LogP contribution in [0.3, 0.4) is 0 Å². The van der Waals surface area contributed by atoms with Crippen molar-refractivity contribution in [2.45, 2.75) is 19.4 Å². The second-order valence-corrected chi connectivity index (χ2v) is 7.26. The first-order valence-corrected chi connectivity index (χ1v) is 9.88. The molecule has 0 fully saturated rings.